The minimum absolute atomic E-state index is 0.0951. The lowest BCUT2D eigenvalue weighted by atomic mass is 10.0. The average molecular weight is 422 g/mol. The zero-order valence-electron chi connectivity index (χ0n) is 15.7. The molecule has 3 aliphatic rings. The normalized spacial score (nSPS) is 29.6. The van der Waals surface area contributed by atoms with Gasteiger partial charge in [-0.25, -0.2) is 19.0 Å². The molecule has 0 bridgehead atoms. The molecule has 3 atom stereocenters. The summed E-state index contributed by atoms with van der Waals surface area (Å²) in [5.41, 5.74) is 0.965. The van der Waals surface area contributed by atoms with Gasteiger partial charge in [-0.2, -0.15) is 8.78 Å². The molecule has 0 spiro atoms. The third-order valence-corrected chi connectivity index (χ3v) is 7.69. The van der Waals surface area contributed by atoms with Gasteiger partial charge < -0.3 is 14.7 Å². The first-order chi connectivity index (χ1) is 13.7. The Hall–Kier alpha value is -2.33. The summed E-state index contributed by atoms with van der Waals surface area (Å²) in [5.74, 6) is -2.42. The SMILES string of the molecule is C[C@H]1[C@H](O)CN1c1nc(-c2ccc3c(c2)S(=N)(=O)CCO3)c2c(n1)C(F)(F)CC2. The van der Waals surface area contributed by atoms with E-state index in [9.17, 15) is 18.1 Å². The molecule has 154 valence electrons. The number of aromatic nitrogens is 2. The topological polar surface area (TPSA) is 99.4 Å². The first-order valence-corrected chi connectivity index (χ1v) is 11.2. The van der Waals surface area contributed by atoms with Gasteiger partial charge in [-0.15, -0.1) is 0 Å². The van der Waals surface area contributed by atoms with Gasteiger partial charge in [-0.3, -0.25) is 0 Å². The van der Waals surface area contributed by atoms with Crippen molar-refractivity contribution in [3.8, 4) is 17.0 Å². The number of alkyl halides is 2. The molecule has 1 aromatic carbocycles. The molecule has 0 radical (unpaired) electrons. The number of nitrogens with one attached hydrogen (secondary N) is 1. The molecule has 10 heteroatoms. The Balaban J connectivity index is 1.69. The number of rotatable bonds is 2. The third kappa shape index (κ3) is 2.80. The molecule has 5 rings (SSSR count). The van der Waals surface area contributed by atoms with Crippen molar-refractivity contribution in [1.82, 2.24) is 9.97 Å². The highest BCUT2D eigenvalue weighted by atomic mass is 32.2. The zero-order chi connectivity index (χ0) is 20.6. The number of anilines is 1. The van der Waals surface area contributed by atoms with E-state index in [1.54, 1.807) is 30.0 Å². The first-order valence-electron chi connectivity index (χ1n) is 9.45. The molecule has 1 unspecified atom stereocenters. The number of β-amino-alcohol motifs (C(OH)–C–C–N with tert-alkyl or cyclic N) is 1. The van der Waals surface area contributed by atoms with Gasteiger partial charge in [0.05, 0.1) is 38.2 Å². The molecule has 2 aromatic rings. The summed E-state index contributed by atoms with van der Waals surface area (Å²) in [6.45, 7) is 2.28. The molecule has 1 saturated heterocycles. The number of hydrogen-bond donors (Lipinski definition) is 2. The summed E-state index contributed by atoms with van der Waals surface area (Å²) in [7, 11) is -3.01. The molecule has 1 aromatic heterocycles. The van der Waals surface area contributed by atoms with Crippen LogP contribution in [0.4, 0.5) is 14.7 Å². The highest BCUT2D eigenvalue weighted by Crippen LogP contribution is 2.45. The molecule has 2 N–H and O–H groups in total. The monoisotopic (exact) mass is 422 g/mol. The van der Waals surface area contributed by atoms with Gasteiger partial charge in [0.2, 0.25) is 5.95 Å². The molecule has 2 aliphatic heterocycles. The Bertz CT molecular complexity index is 1120. The van der Waals surface area contributed by atoms with Gasteiger partial charge in [-0.1, -0.05) is 0 Å². The van der Waals surface area contributed by atoms with E-state index in [4.69, 9.17) is 9.52 Å². The van der Waals surface area contributed by atoms with Gasteiger partial charge in [0.15, 0.2) is 0 Å². The summed E-state index contributed by atoms with van der Waals surface area (Å²) >= 11 is 0. The average Bonchev–Trinajstić information content (AvgIpc) is 2.99. The van der Waals surface area contributed by atoms with Crippen LogP contribution in [0.25, 0.3) is 11.3 Å². The van der Waals surface area contributed by atoms with Crippen LogP contribution >= 0.6 is 0 Å². The Morgan fingerprint density at radius 2 is 2.17 bits per heavy atom. The van der Waals surface area contributed by atoms with E-state index < -0.39 is 21.8 Å². The van der Waals surface area contributed by atoms with Crippen LogP contribution in [0.3, 0.4) is 0 Å². The maximum atomic E-state index is 14.5. The number of benzene rings is 1. The maximum Gasteiger partial charge on any atom is 0.290 e. The molecule has 3 heterocycles. The summed E-state index contributed by atoms with van der Waals surface area (Å²) in [5, 5.41) is 9.81. The second kappa shape index (κ2) is 6.09. The summed E-state index contributed by atoms with van der Waals surface area (Å²) in [4.78, 5) is 10.7. The highest BCUT2D eigenvalue weighted by molar-refractivity contribution is 7.92. The lowest BCUT2D eigenvalue weighted by molar-refractivity contribution is -0.00603. The van der Waals surface area contributed by atoms with Crippen LogP contribution < -0.4 is 9.64 Å². The minimum atomic E-state index is -3.05. The molecule has 0 amide bonds. The number of ether oxygens (including phenoxy) is 1. The van der Waals surface area contributed by atoms with Crippen molar-refractivity contribution in [2.75, 3.05) is 23.8 Å². The predicted octanol–water partition coefficient (Wildman–Crippen LogP) is 2.55. The van der Waals surface area contributed by atoms with Crippen LogP contribution in [0.1, 0.15) is 24.6 Å². The van der Waals surface area contributed by atoms with Crippen LogP contribution in [-0.2, 0) is 22.1 Å². The van der Waals surface area contributed by atoms with Crippen LogP contribution in [0.2, 0.25) is 0 Å². The van der Waals surface area contributed by atoms with Gasteiger partial charge >= 0.3 is 0 Å². The predicted molar refractivity (Wildman–Crippen MR) is 102 cm³/mol. The number of nitrogens with zero attached hydrogens (tertiary/aromatic N) is 3. The van der Waals surface area contributed by atoms with Crippen LogP contribution in [-0.4, -0.2) is 50.3 Å². The van der Waals surface area contributed by atoms with Gasteiger partial charge in [0, 0.05) is 24.1 Å². The first kappa shape index (κ1) is 18.7. The maximum absolute atomic E-state index is 14.5. The van der Waals surface area contributed by atoms with Crippen molar-refractivity contribution in [1.29, 1.82) is 4.78 Å². The van der Waals surface area contributed by atoms with Gasteiger partial charge in [0.25, 0.3) is 5.92 Å². The number of aliphatic hydroxyl groups is 1. The quantitative estimate of drug-likeness (QED) is 0.772. The molecule has 7 nitrogen and oxygen atoms in total. The van der Waals surface area contributed by atoms with E-state index in [1.165, 1.54) is 0 Å². The Morgan fingerprint density at radius 3 is 2.90 bits per heavy atom. The molecule has 1 fully saturated rings. The summed E-state index contributed by atoms with van der Waals surface area (Å²) in [6, 6.07) is 4.62. The van der Waals surface area contributed by atoms with Crippen molar-refractivity contribution in [2.45, 2.75) is 42.7 Å². The number of fused-ring (bicyclic) bond motifs is 2. The largest absolute Gasteiger partial charge is 0.491 e. The van der Waals surface area contributed by atoms with Crippen molar-refractivity contribution >= 4 is 15.7 Å². The Kier molecular flexibility index (Phi) is 3.92. The van der Waals surface area contributed by atoms with E-state index in [0.717, 1.165) is 0 Å². The molecule has 29 heavy (non-hydrogen) atoms. The van der Waals surface area contributed by atoms with Crippen LogP contribution in [0.5, 0.6) is 5.75 Å². The number of hydrogen-bond acceptors (Lipinski definition) is 7. The highest BCUT2D eigenvalue weighted by Gasteiger charge is 2.45. The van der Waals surface area contributed by atoms with Crippen molar-refractivity contribution < 1.29 is 22.8 Å². The van der Waals surface area contributed by atoms with Crippen LogP contribution in [0, 0.1) is 4.78 Å². The smallest absolute Gasteiger partial charge is 0.290 e. The van der Waals surface area contributed by atoms with Crippen molar-refractivity contribution in [2.24, 2.45) is 0 Å². The molecule has 0 saturated carbocycles. The second-order valence-corrected chi connectivity index (χ2v) is 9.95. The zero-order valence-corrected chi connectivity index (χ0v) is 16.5. The van der Waals surface area contributed by atoms with E-state index >= 15 is 0 Å². The summed E-state index contributed by atoms with van der Waals surface area (Å²) in [6.07, 6.45) is -0.751. The Morgan fingerprint density at radius 1 is 1.38 bits per heavy atom. The fourth-order valence-corrected chi connectivity index (χ4v) is 5.35. The van der Waals surface area contributed by atoms with E-state index in [-0.39, 0.29) is 54.3 Å². The number of aliphatic hydroxyl groups excluding tert-OH is 1. The van der Waals surface area contributed by atoms with Crippen molar-refractivity contribution in [3.63, 3.8) is 0 Å². The van der Waals surface area contributed by atoms with E-state index in [1.807, 2.05) is 0 Å². The third-order valence-electron chi connectivity index (χ3n) is 5.92. The number of halogens is 2. The molecular formula is C19H20F2N4O3S. The fraction of sp³-hybridized carbons (Fsp3) is 0.474. The fourth-order valence-electron chi connectivity index (χ4n) is 4.04. The van der Waals surface area contributed by atoms with Gasteiger partial charge in [-0.05, 0) is 31.5 Å². The molecular weight excluding hydrogens is 402 g/mol. The van der Waals surface area contributed by atoms with E-state index in [0.29, 0.717) is 22.6 Å². The molecule has 1 aliphatic carbocycles. The van der Waals surface area contributed by atoms with Crippen molar-refractivity contribution in [3.05, 3.63) is 29.5 Å². The lowest BCUT2D eigenvalue weighted by Gasteiger charge is -2.43. The minimum Gasteiger partial charge on any atom is -0.491 e. The second-order valence-electron chi connectivity index (χ2n) is 7.75. The van der Waals surface area contributed by atoms with Gasteiger partial charge in [0.1, 0.15) is 18.1 Å². The summed E-state index contributed by atoms with van der Waals surface area (Å²) < 4.78 is 55.3. The van der Waals surface area contributed by atoms with Crippen LogP contribution in [0.15, 0.2) is 23.1 Å². The van der Waals surface area contributed by atoms with E-state index in [2.05, 4.69) is 9.97 Å². The Labute approximate surface area is 166 Å². The lowest BCUT2D eigenvalue weighted by Crippen LogP contribution is -2.59. The standard InChI is InChI=1S/C19H20F2N4O3S/c1-10-13(26)9-25(10)18-23-16(12-4-5-19(20,21)17(12)24-18)11-2-3-14-15(8-11)29(22,27)7-6-28-14/h2-3,8,10,13,22,26H,4-7,9H2,1H3/t10-,13+,29?/m0/s1.